The monoisotopic (exact) mass is 275 g/mol. The Labute approximate surface area is 109 Å². The number of imidazole rings is 1. The maximum Gasteiger partial charge on any atom is 0.330 e. The number of aromatic nitrogens is 2. The van der Waals surface area contributed by atoms with Gasteiger partial charge in [0.1, 0.15) is 18.4 Å². The molecule has 0 amide bonds. The molecule has 0 radical (unpaired) electrons. The molecule has 1 N–H and O–H groups in total. The van der Waals surface area contributed by atoms with Crippen molar-refractivity contribution in [2.45, 2.75) is 39.7 Å². The first kappa shape index (κ1) is 15.4. The fourth-order valence-corrected chi connectivity index (χ4v) is 3.69. The van der Waals surface area contributed by atoms with Crippen LogP contribution in [0.1, 0.15) is 39.7 Å². The zero-order valence-electron chi connectivity index (χ0n) is 11.5. The molecule has 6 heteroatoms. The molecule has 1 rings (SSSR count). The Morgan fingerprint density at radius 3 is 2.39 bits per heavy atom. The first-order chi connectivity index (χ1) is 8.65. The summed E-state index contributed by atoms with van der Waals surface area (Å²) in [5.41, 5.74) is 0. The third kappa shape index (κ3) is 4.56. The molecule has 0 aliphatic carbocycles. The molecule has 18 heavy (non-hydrogen) atoms. The van der Waals surface area contributed by atoms with E-state index in [4.69, 9.17) is 9.05 Å². The van der Waals surface area contributed by atoms with Gasteiger partial charge in [-0.1, -0.05) is 6.92 Å². The lowest BCUT2D eigenvalue weighted by Gasteiger charge is -2.19. The fourth-order valence-electron chi connectivity index (χ4n) is 1.96. The number of rotatable bonds is 9. The highest BCUT2D eigenvalue weighted by Gasteiger charge is 2.26. The molecule has 1 aromatic rings. The summed E-state index contributed by atoms with van der Waals surface area (Å²) in [5, 5.41) is 0. The minimum Gasteiger partial charge on any atom is -0.309 e. The lowest BCUT2D eigenvalue weighted by Crippen LogP contribution is -2.37. The molecule has 5 nitrogen and oxygen atoms in total. The van der Waals surface area contributed by atoms with Crippen LogP contribution < -0.4 is 4.57 Å². The Bertz CT molecular complexity index is 357. The smallest absolute Gasteiger partial charge is 0.309 e. The van der Waals surface area contributed by atoms with Crippen molar-refractivity contribution >= 4 is 7.60 Å². The van der Waals surface area contributed by atoms with Crippen LogP contribution in [0.15, 0.2) is 18.7 Å². The van der Waals surface area contributed by atoms with E-state index in [1.54, 1.807) is 0 Å². The summed E-state index contributed by atoms with van der Waals surface area (Å²) in [6.07, 6.45) is 8.02. The molecule has 0 aromatic carbocycles. The molecule has 1 heterocycles. The average molecular weight is 275 g/mol. The van der Waals surface area contributed by atoms with E-state index >= 15 is 0 Å². The van der Waals surface area contributed by atoms with Crippen molar-refractivity contribution in [1.82, 2.24) is 4.98 Å². The minimum atomic E-state index is -2.91. The Balaban J connectivity index is 2.57. The zero-order chi connectivity index (χ0) is 13.4. The predicted octanol–water partition coefficient (Wildman–Crippen LogP) is 2.91. The molecule has 0 saturated heterocycles. The summed E-state index contributed by atoms with van der Waals surface area (Å²) < 4.78 is 25.0. The topological polar surface area (TPSA) is 55.2 Å². The molecule has 1 aromatic heterocycles. The van der Waals surface area contributed by atoms with E-state index in [0.29, 0.717) is 25.4 Å². The second-order valence-electron chi connectivity index (χ2n) is 4.08. The highest BCUT2D eigenvalue weighted by molar-refractivity contribution is 7.53. The van der Waals surface area contributed by atoms with Gasteiger partial charge in [-0.25, -0.2) is 4.57 Å². The van der Waals surface area contributed by atoms with Crippen molar-refractivity contribution in [1.29, 1.82) is 0 Å². The zero-order valence-corrected chi connectivity index (χ0v) is 12.4. The van der Waals surface area contributed by atoms with E-state index in [1.165, 1.54) is 0 Å². The van der Waals surface area contributed by atoms with Crippen LogP contribution >= 0.6 is 7.60 Å². The summed E-state index contributed by atoms with van der Waals surface area (Å²) in [6, 6.07) is 0.325. The van der Waals surface area contributed by atoms with E-state index in [9.17, 15) is 4.57 Å². The lowest BCUT2D eigenvalue weighted by molar-refractivity contribution is -0.722. The first-order valence-corrected chi connectivity index (χ1v) is 8.29. The number of nitrogens with one attached hydrogen (secondary N) is 1. The first-order valence-electron chi connectivity index (χ1n) is 6.56. The van der Waals surface area contributed by atoms with Crippen LogP contribution in [-0.4, -0.2) is 24.4 Å². The third-order valence-electron chi connectivity index (χ3n) is 2.85. The maximum atomic E-state index is 12.3. The van der Waals surface area contributed by atoms with Crippen LogP contribution in [0.5, 0.6) is 0 Å². The Kier molecular flexibility index (Phi) is 6.61. The van der Waals surface area contributed by atoms with Gasteiger partial charge < -0.3 is 9.05 Å². The van der Waals surface area contributed by atoms with Crippen molar-refractivity contribution in [2.75, 3.05) is 19.4 Å². The molecular formula is C12H24N2O3P+. The molecular weight excluding hydrogens is 251 g/mol. The van der Waals surface area contributed by atoms with Gasteiger partial charge in [-0.3, -0.25) is 9.55 Å². The normalized spacial score (nSPS) is 13.7. The number of H-pyrrole nitrogens is 1. The standard InChI is InChI=1S/C12H23N2O3P/c1-4-12(14-9-8-13-11-14)7-10-18(15,16-5-2)17-6-3/h8-9,11-12H,4-7,10H2,1-3H3/p+1. The number of nitrogens with zero attached hydrogens (tertiary/aromatic N) is 1. The van der Waals surface area contributed by atoms with Gasteiger partial charge in [0.15, 0.2) is 0 Å². The van der Waals surface area contributed by atoms with Gasteiger partial charge in [-0.2, -0.15) is 0 Å². The number of hydrogen-bond acceptors (Lipinski definition) is 3. The molecule has 0 saturated carbocycles. The summed E-state index contributed by atoms with van der Waals surface area (Å²) in [7, 11) is -2.91. The molecule has 0 aliphatic heterocycles. The van der Waals surface area contributed by atoms with Crippen LogP contribution in [0.25, 0.3) is 0 Å². The van der Waals surface area contributed by atoms with E-state index in [2.05, 4.69) is 16.5 Å². The van der Waals surface area contributed by atoms with Gasteiger partial charge in [-0.15, -0.1) is 0 Å². The molecule has 1 unspecified atom stereocenters. The summed E-state index contributed by atoms with van der Waals surface area (Å²) in [5.74, 6) is 0. The minimum absolute atomic E-state index is 0.325. The van der Waals surface area contributed by atoms with Crippen molar-refractivity contribution in [2.24, 2.45) is 0 Å². The average Bonchev–Trinajstić information content (AvgIpc) is 2.84. The Morgan fingerprint density at radius 2 is 1.94 bits per heavy atom. The van der Waals surface area contributed by atoms with Gasteiger partial charge in [0.25, 0.3) is 0 Å². The predicted molar refractivity (Wildman–Crippen MR) is 70.7 cm³/mol. The van der Waals surface area contributed by atoms with E-state index in [-0.39, 0.29) is 0 Å². The van der Waals surface area contributed by atoms with Gasteiger partial charge in [0.2, 0.25) is 6.33 Å². The number of aromatic amines is 1. The molecule has 0 spiro atoms. The highest BCUT2D eigenvalue weighted by atomic mass is 31.2. The molecule has 104 valence electrons. The van der Waals surface area contributed by atoms with Gasteiger partial charge in [-0.05, 0) is 26.7 Å². The van der Waals surface area contributed by atoms with Crippen LogP contribution in [0.4, 0.5) is 0 Å². The second-order valence-corrected chi connectivity index (χ2v) is 6.26. The van der Waals surface area contributed by atoms with E-state index in [1.807, 2.05) is 32.6 Å². The molecule has 0 bridgehead atoms. The maximum absolute atomic E-state index is 12.3. The van der Waals surface area contributed by atoms with E-state index < -0.39 is 7.60 Å². The van der Waals surface area contributed by atoms with Crippen LogP contribution in [0.3, 0.4) is 0 Å². The van der Waals surface area contributed by atoms with Crippen LogP contribution in [-0.2, 0) is 13.6 Å². The van der Waals surface area contributed by atoms with Crippen molar-refractivity contribution in [3.05, 3.63) is 18.7 Å². The molecule has 1 atom stereocenters. The van der Waals surface area contributed by atoms with Crippen LogP contribution in [0.2, 0.25) is 0 Å². The summed E-state index contributed by atoms with van der Waals surface area (Å²) >= 11 is 0. The summed E-state index contributed by atoms with van der Waals surface area (Å²) in [6.45, 7) is 6.64. The third-order valence-corrected chi connectivity index (χ3v) is 4.96. The molecule has 0 aliphatic rings. The van der Waals surface area contributed by atoms with E-state index in [0.717, 1.165) is 12.8 Å². The van der Waals surface area contributed by atoms with Crippen molar-refractivity contribution in [3.63, 3.8) is 0 Å². The SMILES string of the molecule is CCOP(=O)(CCC(CC)[n+]1cc[nH]c1)OCC. The largest absolute Gasteiger partial charge is 0.330 e. The fraction of sp³-hybridized carbons (Fsp3) is 0.750. The quantitative estimate of drug-likeness (QED) is 0.557. The van der Waals surface area contributed by atoms with Crippen molar-refractivity contribution in [3.8, 4) is 0 Å². The number of hydrogen-bond donors (Lipinski definition) is 1. The Hall–Kier alpha value is -0.640. The second kappa shape index (κ2) is 7.72. The summed E-state index contributed by atoms with van der Waals surface area (Å²) in [4.78, 5) is 3.02. The lowest BCUT2D eigenvalue weighted by atomic mass is 10.2. The van der Waals surface area contributed by atoms with Crippen LogP contribution in [0, 0.1) is 0 Å². The van der Waals surface area contributed by atoms with Crippen molar-refractivity contribution < 1.29 is 18.2 Å². The van der Waals surface area contributed by atoms with Gasteiger partial charge in [0.05, 0.1) is 19.4 Å². The van der Waals surface area contributed by atoms with Gasteiger partial charge >= 0.3 is 7.60 Å². The molecule has 0 fully saturated rings. The highest BCUT2D eigenvalue weighted by Crippen LogP contribution is 2.49. The van der Waals surface area contributed by atoms with Gasteiger partial charge in [0, 0.05) is 0 Å². The Morgan fingerprint density at radius 1 is 1.28 bits per heavy atom.